The Morgan fingerprint density at radius 2 is 1.91 bits per heavy atom. The molecule has 1 atom stereocenters. The first-order chi connectivity index (χ1) is 10.9. The first-order valence-corrected chi connectivity index (χ1v) is 9.23. The van der Waals surface area contributed by atoms with Crippen molar-refractivity contribution < 1.29 is 13.2 Å². The predicted molar refractivity (Wildman–Crippen MR) is 91.0 cm³/mol. The number of nitrogens with one attached hydrogen (secondary N) is 1. The SMILES string of the molecule is CCC[C@H](C)NC(=O)CN1c2cccc3cccc(c23)S1(=O)=O. The van der Waals surface area contributed by atoms with Crippen LogP contribution in [-0.2, 0) is 14.8 Å². The van der Waals surface area contributed by atoms with Gasteiger partial charge in [0, 0.05) is 11.4 Å². The molecule has 0 aliphatic carbocycles. The highest BCUT2D eigenvalue weighted by molar-refractivity contribution is 7.93. The van der Waals surface area contributed by atoms with Gasteiger partial charge in [0.25, 0.3) is 10.0 Å². The number of hydrogen-bond acceptors (Lipinski definition) is 3. The fraction of sp³-hybridized carbons (Fsp3) is 0.353. The van der Waals surface area contributed by atoms with Gasteiger partial charge in [-0.1, -0.05) is 37.6 Å². The zero-order chi connectivity index (χ0) is 16.6. The lowest BCUT2D eigenvalue weighted by Gasteiger charge is -2.20. The second kappa shape index (κ2) is 5.85. The van der Waals surface area contributed by atoms with Crippen LogP contribution in [0.25, 0.3) is 10.8 Å². The zero-order valence-corrected chi connectivity index (χ0v) is 14.1. The third-order valence-electron chi connectivity index (χ3n) is 4.10. The van der Waals surface area contributed by atoms with Gasteiger partial charge in [-0.25, -0.2) is 8.42 Å². The number of amides is 1. The molecule has 0 unspecified atom stereocenters. The monoisotopic (exact) mass is 332 g/mol. The summed E-state index contributed by atoms with van der Waals surface area (Å²) in [5.41, 5.74) is 0.580. The van der Waals surface area contributed by atoms with Crippen LogP contribution in [0.4, 0.5) is 5.69 Å². The zero-order valence-electron chi connectivity index (χ0n) is 13.2. The van der Waals surface area contributed by atoms with Gasteiger partial charge in [0.1, 0.15) is 6.54 Å². The second-order valence-electron chi connectivity index (χ2n) is 5.90. The molecule has 23 heavy (non-hydrogen) atoms. The molecule has 0 saturated carbocycles. The lowest BCUT2D eigenvalue weighted by molar-refractivity contribution is -0.120. The number of benzene rings is 2. The Labute approximate surface area is 136 Å². The van der Waals surface area contributed by atoms with Crippen LogP contribution in [0.5, 0.6) is 0 Å². The summed E-state index contributed by atoms with van der Waals surface area (Å²) in [6.07, 6.45) is 1.84. The van der Waals surface area contributed by atoms with Crippen molar-refractivity contribution in [3.05, 3.63) is 36.4 Å². The van der Waals surface area contributed by atoms with Gasteiger partial charge in [-0.3, -0.25) is 9.10 Å². The molecular weight excluding hydrogens is 312 g/mol. The smallest absolute Gasteiger partial charge is 0.265 e. The largest absolute Gasteiger partial charge is 0.352 e. The molecule has 0 saturated heterocycles. The number of carbonyl (C=O) groups is 1. The molecule has 1 amide bonds. The van der Waals surface area contributed by atoms with E-state index >= 15 is 0 Å². The summed E-state index contributed by atoms with van der Waals surface area (Å²) < 4.78 is 26.7. The normalized spacial score (nSPS) is 16.5. The van der Waals surface area contributed by atoms with Gasteiger partial charge in [-0.15, -0.1) is 0 Å². The van der Waals surface area contributed by atoms with Crippen molar-refractivity contribution in [2.75, 3.05) is 10.8 Å². The minimum absolute atomic E-state index is 0.0379. The van der Waals surface area contributed by atoms with E-state index in [9.17, 15) is 13.2 Å². The van der Waals surface area contributed by atoms with Crippen LogP contribution in [0.15, 0.2) is 41.3 Å². The van der Waals surface area contributed by atoms with Crippen molar-refractivity contribution in [1.29, 1.82) is 0 Å². The number of sulfonamides is 1. The van der Waals surface area contributed by atoms with E-state index in [4.69, 9.17) is 0 Å². The Bertz CT molecular complexity index is 856. The summed E-state index contributed by atoms with van der Waals surface area (Å²) in [4.78, 5) is 12.5. The van der Waals surface area contributed by atoms with Crippen molar-refractivity contribution in [3.8, 4) is 0 Å². The Hall–Kier alpha value is -2.08. The third-order valence-corrected chi connectivity index (χ3v) is 5.90. The molecular formula is C17H20N2O3S. The molecule has 0 bridgehead atoms. The van der Waals surface area contributed by atoms with E-state index in [0.29, 0.717) is 11.1 Å². The molecule has 1 N–H and O–H groups in total. The van der Waals surface area contributed by atoms with Crippen LogP contribution in [0.2, 0.25) is 0 Å². The van der Waals surface area contributed by atoms with E-state index in [1.54, 1.807) is 18.2 Å². The predicted octanol–water partition coefficient (Wildman–Crippen LogP) is 2.65. The van der Waals surface area contributed by atoms with E-state index in [2.05, 4.69) is 5.32 Å². The van der Waals surface area contributed by atoms with Gasteiger partial charge in [0.15, 0.2) is 0 Å². The highest BCUT2D eigenvalue weighted by Gasteiger charge is 2.36. The van der Waals surface area contributed by atoms with Gasteiger partial charge < -0.3 is 5.32 Å². The summed E-state index contributed by atoms with van der Waals surface area (Å²) in [5.74, 6) is -0.278. The van der Waals surface area contributed by atoms with E-state index in [1.807, 2.05) is 32.0 Å². The lowest BCUT2D eigenvalue weighted by atomic mass is 10.1. The standard InChI is InChI=1S/C17H20N2O3S/c1-3-6-12(2)18-16(20)11-19-14-9-4-7-13-8-5-10-15(17(13)14)23(19,21)22/h4-5,7-10,12H,3,6,11H2,1-2H3,(H,18,20)/t12-/m0/s1. The van der Waals surface area contributed by atoms with E-state index in [-0.39, 0.29) is 23.4 Å². The first kappa shape index (κ1) is 15.8. The van der Waals surface area contributed by atoms with Crippen LogP contribution >= 0.6 is 0 Å². The molecule has 3 rings (SSSR count). The van der Waals surface area contributed by atoms with E-state index in [1.165, 1.54) is 4.31 Å². The molecule has 6 heteroatoms. The lowest BCUT2D eigenvalue weighted by Crippen LogP contribution is -2.42. The summed E-state index contributed by atoms with van der Waals surface area (Å²) in [7, 11) is -3.67. The van der Waals surface area contributed by atoms with Gasteiger partial charge in [-0.2, -0.15) is 0 Å². The quantitative estimate of drug-likeness (QED) is 0.915. The molecule has 0 aromatic heterocycles. The van der Waals surface area contributed by atoms with Gasteiger partial charge in [-0.05, 0) is 30.9 Å². The molecule has 1 aliphatic heterocycles. The maximum absolute atomic E-state index is 12.8. The molecule has 122 valence electrons. The van der Waals surface area contributed by atoms with Crippen LogP contribution < -0.4 is 9.62 Å². The minimum Gasteiger partial charge on any atom is -0.352 e. The number of rotatable bonds is 5. The van der Waals surface area contributed by atoms with Gasteiger partial charge >= 0.3 is 0 Å². The van der Waals surface area contributed by atoms with Crippen molar-refractivity contribution >= 4 is 32.4 Å². The fourth-order valence-corrected chi connectivity index (χ4v) is 4.75. The van der Waals surface area contributed by atoms with E-state index in [0.717, 1.165) is 18.2 Å². The molecule has 2 aromatic rings. The molecule has 0 radical (unpaired) electrons. The molecule has 0 spiro atoms. The Kier molecular flexibility index (Phi) is 4.02. The number of anilines is 1. The summed E-state index contributed by atoms with van der Waals surface area (Å²) in [6, 6.07) is 10.7. The molecule has 5 nitrogen and oxygen atoms in total. The van der Waals surface area contributed by atoms with Gasteiger partial charge in [0.2, 0.25) is 5.91 Å². The molecule has 1 heterocycles. The van der Waals surface area contributed by atoms with E-state index < -0.39 is 10.0 Å². The van der Waals surface area contributed by atoms with Crippen LogP contribution in [0, 0.1) is 0 Å². The highest BCUT2D eigenvalue weighted by atomic mass is 32.2. The summed E-state index contributed by atoms with van der Waals surface area (Å²) >= 11 is 0. The topological polar surface area (TPSA) is 66.5 Å². The number of hydrogen-bond donors (Lipinski definition) is 1. The maximum Gasteiger partial charge on any atom is 0.265 e. The average molecular weight is 332 g/mol. The Morgan fingerprint density at radius 3 is 2.61 bits per heavy atom. The molecule has 2 aromatic carbocycles. The molecule has 0 fully saturated rings. The Balaban J connectivity index is 1.93. The fourth-order valence-electron chi connectivity index (χ4n) is 3.08. The van der Waals surface area contributed by atoms with Crippen LogP contribution in [0.1, 0.15) is 26.7 Å². The van der Waals surface area contributed by atoms with Crippen molar-refractivity contribution in [2.45, 2.75) is 37.6 Å². The van der Waals surface area contributed by atoms with Gasteiger partial charge in [0.05, 0.1) is 10.6 Å². The van der Waals surface area contributed by atoms with Crippen molar-refractivity contribution in [1.82, 2.24) is 5.32 Å². The third kappa shape index (κ3) is 2.67. The minimum atomic E-state index is -3.67. The van der Waals surface area contributed by atoms with Crippen LogP contribution in [0.3, 0.4) is 0 Å². The second-order valence-corrected chi connectivity index (χ2v) is 7.73. The van der Waals surface area contributed by atoms with Crippen LogP contribution in [-0.4, -0.2) is 26.9 Å². The maximum atomic E-state index is 12.8. The van der Waals surface area contributed by atoms with Crippen molar-refractivity contribution in [2.24, 2.45) is 0 Å². The summed E-state index contributed by atoms with van der Waals surface area (Å²) in [6.45, 7) is 3.78. The Morgan fingerprint density at radius 1 is 1.22 bits per heavy atom. The number of nitrogens with zero attached hydrogens (tertiary/aromatic N) is 1. The number of carbonyl (C=O) groups excluding carboxylic acids is 1. The average Bonchev–Trinajstić information content (AvgIpc) is 2.71. The highest BCUT2D eigenvalue weighted by Crippen LogP contribution is 2.41. The molecule has 1 aliphatic rings. The first-order valence-electron chi connectivity index (χ1n) is 7.79. The van der Waals surface area contributed by atoms with Crippen molar-refractivity contribution in [3.63, 3.8) is 0 Å². The summed E-state index contributed by atoms with van der Waals surface area (Å²) in [5, 5.41) is 4.42.